The van der Waals surface area contributed by atoms with Gasteiger partial charge in [-0.1, -0.05) is 75.2 Å². The van der Waals surface area contributed by atoms with Crippen LogP contribution in [0.2, 0.25) is 0 Å². The Morgan fingerprint density at radius 3 is 1.72 bits per heavy atom. The van der Waals surface area contributed by atoms with Crippen molar-refractivity contribution in [2.75, 3.05) is 89.3 Å². The lowest BCUT2D eigenvalue weighted by Gasteiger charge is -2.31. The predicted octanol–water partition coefficient (Wildman–Crippen LogP) is 1.75. The van der Waals surface area contributed by atoms with Crippen molar-refractivity contribution >= 4 is 119 Å². The molecule has 0 aliphatic carbocycles. The van der Waals surface area contributed by atoms with E-state index in [-0.39, 0.29) is 127 Å². The normalized spacial score (nSPS) is 18.3. The van der Waals surface area contributed by atoms with Gasteiger partial charge in [0.05, 0.1) is 31.0 Å². The molecule has 8 amide bonds. The minimum atomic E-state index is -1.51. The predicted molar refractivity (Wildman–Crippen MR) is 379 cm³/mol. The van der Waals surface area contributed by atoms with Gasteiger partial charge in [-0.25, -0.2) is 9.79 Å². The number of aliphatic hydroxyl groups is 1. The number of aliphatic hydroxyl groups excluding tert-OH is 1. The van der Waals surface area contributed by atoms with E-state index >= 15 is 0 Å². The topological polar surface area (TPSA) is 446 Å². The second kappa shape index (κ2) is 44.0. The second-order valence-electron chi connectivity index (χ2n) is 25.5. The van der Waals surface area contributed by atoms with Crippen molar-refractivity contribution in [1.29, 1.82) is 0 Å². The number of carboxylic acids is 5. The van der Waals surface area contributed by atoms with Crippen LogP contribution in [0.15, 0.2) is 53.5 Å². The van der Waals surface area contributed by atoms with Gasteiger partial charge in [0.15, 0.2) is 0 Å². The molecule has 0 radical (unpaired) electrons. The molecule has 3 unspecified atom stereocenters. The van der Waals surface area contributed by atoms with E-state index in [1.165, 1.54) is 65.1 Å². The highest BCUT2D eigenvalue weighted by Gasteiger charge is 2.43. The number of unbranched alkanes of at least 4 members (excludes halogenated alkanes) is 2. The molecule has 3 fully saturated rings. The van der Waals surface area contributed by atoms with Crippen LogP contribution in [0.4, 0.5) is 0 Å². The Morgan fingerprint density at radius 1 is 0.604 bits per heavy atom. The number of primary amides is 1. The van der Waals surface area contributed by atoms with Crippen LogP contribution >= 0.6 is 35.3 Å². The third-order valence-electron chi connectivity index (χ3n) is 17.6. The zero-order chi connectivity index (χ0) is 74.1. The minimum absolute atomic E-state index is 0.0779. The Balaban J connectivity index is 1.34. The van der Waals surface area contributed by atoms with Crippen molar-refractivity contribution in [3.05, 3.63) is 70.8 Å². The van der Waals surface area contributed by atoms with Gasteiger partial charge in [-0.15, -0.1) is 0 Å². The first kappa shape index (κ1) is 84.0. The molecule has 2 aromatic rings. The number of likely N-dealkylation sites (tertiary alicyclic amines) is 2. The van der Waals surface area contributed by atoms with Crippen molar-refractivity contribution in [3.63, 3.8) is 0 Å². The lowest BCUT2D eigenvalue weighted by Crippen LogP contribution is -2.57. The number of thioether (sulfide) groups is 3. The van der Waals surface area contributed by atoms with E-state index in [0.29, 0.717) is 61.5 Å². The summed E-state index contributed by atoms with van der Waals surface area (Å²) < 4.78 is 0. The number of nitrogens with one attached hydrogen (secondary N) is 4. The Labute approximate surface area is 600 Å². The summed E-state index contributed by atoms with van der Waals surface area (Å²) in [6, 6.07) is 7.19. The van der Waals surface area contributed by atoms with Gasteiger partial charge in [0.2, 0.25) is 47.3 Å². The summed E-state index contributed by atoms with van der Waals surface area (Å²) in [5, 5.41) is 69.8. The zero-order valence-corrected chi connectivity index (χ0v) is 60.0. The first-order valence-corrected chi connectivity index (χ1v) is 37.6. The van der Waals surface area contributed by atoms with E-state index in [2.05, 4.69) is 26.3 Å². The number of aliphatic carboxylic acids is 5. The molecule has 3 saturated heterocycles. The Kier molecular flexibility index (Phi) is 36.6. The van der Waals surface area contributed by atoms with E-state index in [4.69, 9.17) is 5.73 Å². The summed E-state index contributed by atoms with van der Waals surface area (Å²) in [5.74, 6) is -11.3. The first-order valence-electron chi connectivity index (χ1n) is 34.2. The summed E-state index contributed by atoms with van der Waals surface area (Å²) in [7, 11) is 0. The molecule has 5 rings (SSSR count). The van der Waals surface area contributed by atoms with Crippen LogP contribution in [0.5, 0.6) is 0 Å². The standard InChI is InChI=1S/C68H99N11O19S3/c1-4-5-7-16-56(81)71-35-49(65(93)79-23-11-15-54(79)66(94)78-22-10-14-53(78)61(69)89)41-100-39-47-31-46(38-99-30-21-70-57(82)19-18-55(68(97)98)77-28-26-75(36-59(85)86)24-25-76(27-29-77)37-60(87)88)32-48(33-47)40-101-42-52(67(95)96)74-64(92)51(34-45-12-8-6-9-13-45)73-63(91)50(17-20-58(83)84)72-62(90)43(2)44(3)80/h6,8-9,12-13,31-33,35,43-44,49-55,80H,4-5,7,10-11,14-30,34,36-42H2,1-3H3,(H2,69,89)(H,70,82)(H,72,90)(H,73,91)(H,74,92)(H,83,84)(H,85,86)(H,87,88)(H,95,96)(H,97,98)/b71-35+/t43-,44+,49?,50-,51-,52?,53-,54-,55?/m0/s1. The van der Waals surface area contributed by atoms with Crippen LogP contribution in [0.3, 0.4) is 0 Å². The summed E-state index contributed by atoms with van der Waals surface area (Å²) in [5.41, 5.74) is 8.62. The van der Waals surface area contributed by atoms with Gasteiger partial charge < -0.3 is 67.4 Å². The van der Waals surface area contributed by atoms with Crippen molar-refractivity contribution in [2.45, 2.75) is 164 Å². The van der Waals surface area contributed by atoms with Crippen LogP contribution in [0, 0.1) is 11.8 Å². The molecular weight excluding hydrogens is 1370 g/mol. The zero-order valence-electron chi connectivity index (χ0n) is 57.6. The fourth-order valence-corrected chi connectivity index (χ4v) is 14.7. The average Bonchev–Trinajstić information content (AvgIpc) is 1.68. The minimum Gasteiger partial charge on any atom is -0.481 e. The molecule has 0 bridgehead atoms. The maximum absolute atomic E-state index is 14.6. The molecule has 12 N–H and O–H groups in total. The summed E-state index contributed by atoms with van der Waals surface area (Å²) >= 11 is 4.04. The van der Waals surface area contributed by atoms with Gasteiger partial charge in [-0.2, -0.15) is 35.3 Å². The number of nitrogens with zero attached hydrogens (tertiary/aromatic N) is 6. The van der Waals surface area contributed by atoms with E-state index in [9.17, 15) is 93.0 Å². The number of carbonyl (C=O) groups is 13. The highest BCUT2D eigenvalue weighted by molar-refractivity contribution is 7.99. The van der Waals surface area contributed by atoms with Gasteiger partial charge in [0, 0.05) is 125 Å². The molecule has 30 nitrogen and oxygen atoms in total. The number of hydrogen-bond acceptors (Lipinski definition) is 20. The average molecular weight is 1470 g/mol. The molecule has 558 valence electrons. The molecule has 3 aliphatic heterocycles. The van der Waals surface area contributed by atoms with Crippen molar-refractivity contribution < 1.29 is 93.0 Å². The highest BCUT2D eigenvalue weighted by atomic mass is 32.2. The van der Waals surface area contributed by atoms with E-state index in [0.717, 1.165) is 29.5 Å². The SMILES string of the molecule is CCCCCC(=O)/N=C/C(CSCc1cc(CSCCNC(=O)CCC(C(=O)O)N2CCN(CC(=O)O)CCN(CC(=O)O)CC2)cc(CSCC(NC(=O)[C@H](Cc2ccccc2)NC(=O)[C@H](CCC(=O)O)NC(=O)[C@@H](C)[C@@H](C)O)C(=O)O)c1)C(=O)N1CCC[C@H]1C(=O)N1CCC[C@H]1C(N)=O. The van der Waals surface area contributed by atoms with Crippen LogP contribution in [0.25, 0.3) is 0 Å². The van der Waals surface area contributed by atoms with Gasteiger partial charge in [0.25, 0.3) is 0 Å². The first-order chi connectivity index (χ1) is 48.1. The quantitative estimate of drug-likeness (QED) is 0.0333. The van der Waals surface area contributed by atoms with Crippen LogP contribution in [-0.4, -0.2) is 270 Å². The fourth-order valence-electron chi connectivity index (χ4n) is 11.9. The Morgan fingerprint density at radius 2 is 1.16 bits per heavy atom. The Hall–Kier alpha value is -7.69. The number of amides is 8. The molecule has 33 heteroatoms. The molecule has 0 saturated carbocycles. The Bertz CT molecular complexity index is 3160. The van der Waals surface area contributed by atoms with Gasteiger partial charge in [-0.05, 0) is 74.1 Å². The molecular formula is C68H99N11O19S3. The van der Waals surface area contributed by atoms with Crippen molar-refractivity contribution in [3.8, 4) is 0 Å². The van der Waals surface area contributed by atoms with Crippen LogP contribution in [-0.2, 0) is 86.0 Å². The van der Waals surface area contributed by atoms with Gasteiger partial charge >= 0.3 is 29.8 Å². The van der Waals surface area contributed by atoms with E-state index < -0.39 is 126 Å². The third-order valence-corrected chi connectivity index (χ3v) is 20.9. The van der Waals surface area contributed by atoms with Gasteiger partial charge in [-0.3, -0.25) is 72.2 Å². The fraction of sp³-hybridized carbons (Fsp3) is 0.618. The monoisotopic (exact) mass is 1470 g/mol. The maximum Gasteiger partial charge on any atom is 0.327 e. The molecule has 0 aromatic heterocycles. The lowest BCUT2D eigenvalue weighted by atomic mass is 10.0. The molecule has 3 heterocycles. The molecule has 3 aliphatic rings. The maximum atomic E-state index is 14.6. The number of carbonyl (C=O) groups excluding carboxylic acids is 8. The molecule has 9 atom stereocenters. The number of aliphatic imine (C=N–C) groups is 1. The van der Waals surface area contributed by atoms with Crippen LogP contribution < -0.4 is 27.0 Å². The second-order valence-corrected chi connectivity index (χ2v) is 28.7. The van der Waals surface area contributed by atoms with Crippen molar-refractivity contribution in [2.24, 2.45) is 22.6 Å². The number of nitrogens with two attached hydrogens (primary N) is 1. The summed E-state index contributed by atoms with van der Waals surface area (Å²) in [6.07, 6.45) is 3.40. The van der Waals surface area contributed by atoms with Crippen molar-refractivity contribution in [1.82, 2.24) is 45.8 Å². The summed E-state index contributed by atoms with van der Waals surface area (Å²) in [6.45, 7) is 6.23. The van der Waals surface area contributed by atoms with Gasteiger partial charge in [0.1, 0.15) is 36.3 Å². The van der Waals surface area contributed by atoms with Crippen LogP contribution in [0.1, 0.15) is 120 Å². The summed E-state index contributed by atoms with van der Waals surface area (Å²) in [4.78, 5) is 181. The lowest BCUT2D eigenvalue weighted by molar-refractivity contribution is -0.146. The number of benzene rings is 2. The highest BCUT2D eigenvalue weighted by Crippen LogP contribution is 2.29. The van der Waals surface area contributed by atoms with E-state index in [1.807, 2.05) is 25.1 Å². The number of rotatable bonds is 43. The van der Waals surface area contributed by atoms with E-state index in [1.54, 1.807) is 45.0 Å². The largest absolute Gasteiger partial charge is 0.481 e. The number of hydrogen-bond donors (Lipinski definition) is 11. The molecule has 101 heavy (non-hydrogen) atoms. The molecule has 2 aromatic carbocycles. The smallest absolute Gasteiger partial charge is 0.327 e. The molecule has 0 spiro atoms. The number of carboxylic acid groups (broad SMARTS) is 5. The third kappa shape index (κ3) is 29.7.